The van der Waals surface area contributed by atoms with Crippen LogP contribution in [0.15, 0.2) is 34.8 Å². The molecule has 0 aliphatic rings. The van der Waals surface area contributed by atoms with Crippen LogP contribution in [0.3, 0.4) is 0 Å². The Hall–Kier alpha value is -1.69. The van der Waals surface area contributed by atoms with E-state index in [0.29, 0.717) is 21.8 Å². The van der Waals surface area contributed by atoms with Crippen molar-refractivity contribution in [3.05, 3.63) is 40.6 Å². The average molecular weight is 283 g/mol. The summed E-state index contributed by atoms with van der Waals surface area (Å²) in [5, 5.41) is 10.2. The van der Waals surface area contributed by atoms with Gasteiger partial charge in [-0.2, -0.15) is 0 Å². The summed E-state index contributed by atoms with van der Waals surface area (Å²) in [7, 11) is 0. The fourth-order valence-electron chi connectivity index (χ4n) is 1.14. The van der Waals surface area contributed by atoms with Crippen LogP contribution in [0.25, 0.3) is 0 Å². The second-order valence-corrected chi connectivity index (χ2v) is 4.01. The number of aromatic nitrogens is 2. The number of nitrogens with two attached hydrogens (primary N) is 1. The van der Waals surface area contributed by atoms with E-state index in [1.54, 1.807) is 24.3 Å². The van der Waals surface area contributed by atoms with E-state index in [1.807, 2.05) is 0 Å². The normalized spacial score (nSPS) is 10.1. The summed E-state index contributed by atoms with van der Waals surface area (Å²) in [6, 6.07) is 7.93. The minimum Gasteiger partial charge on any atom is -0.382 e. The van der Waals surface area contributed by atoms with Crippen LogP contribution in [-0.2, 0) is 0 Å². The van der Waals surface area contributed by atoms with Crippen LogP contribution in [0.5, 0.6) is 0 Å². The maximum absolute atomic E-state index is 13.5. The van der Waals surface area contributed by atoms with Crippen LogP contribution in [0.2, 0.25) is 0 Å². The van der Waals surface area contributed by atoms with Crippen molar-refractivity contribution >= 4 is 33.3 Å². The molecule has 0 aliphatic heterocycles. The molecule has 3 N–H and O–H groups in total. The lowest BCUT2D eigenvalue weighted by Crippen LogP contribution is -1.99. The molecular weight excluding hydrogens is 275 g/mol. The maximum atomic E-state index is 13.5. The first-order valence-corrected chi connectivity index (χ1v) is 5.26. The zero-order chi connectivity index (χ0) is 11.5. The fraction of sp³-hybridized carbons (Fsp3) is 0. The van der Waals surface area contributed by atoms with Gasteiger partial charge in [0.15, 0.2) is 5.82 Å². The second-order valence-electron chi connectivity index (χ2n) is 3.09. The van der Waals surface area contributed by atoms with Crippen molar-refractivity contribution in [3.8, 4) is 0 Å². The number of hydrogen-bond acceptors (Lipinski definition) is 4. The molecule has 1 aromatic heterocycles. The molecule has 2 aromatic rings. The van der Waals surface area contributed by atoms with E-state index in [0.717, 1.165) is 0 Å². The molecule has 2 rings (SSSR count). The molecule has 6 heteroatoms. The van der Waals surface area contributed by atoms with Crippen LogP contribution in [-0.4, -0.2) is 10.2 Å². The molecule has 0 bridgehead atoms. The van der Waals surface area contributed by atoms with Crippen molar-refractivity contribution in [2.24, 2.45) is 0 Å². The number of rotatable bonds is 2. The Morgan fingerprint density at radius 3 is 2.62 bits per heavy atom. The quantitative estimate of drug-likeness (QED) is 0.889. The molecule has 4 nitrogen and oxygen atoms in total. The summed E-state index contributed by atoms with van der Waals surface area (Å²) in [5.74, 6) is 0.394. The molecule has 0 spiro atoms. The molecule has 0 atom stereocenters. The standard InChI is InChI=1S/C10H8BrFN4/c11-6-1-2-8(7(12)5-6)14-10-4-3-9(13)15-16-10/h1-5H,(H2,13,15)(H,14,16). The number of benzene rings is 1. The number of hydrogen-bond donors (Lipinski definition) is 2. The van der Waals surface area contributed by atoms with Gasteiger partial charge in [-0.3, -0.25) is 0 Å². The van der Waals surface area contributed by atoms with E-state index < -0.39 is 0 Å². The van der Waals surface area contributed by atoms with E-state index >= 15 is 0 Å². The smallest absolute Gasteiger partial charge is 0.153 e. The van der Waals surface area contributed by atoms with Crippen LogP contribution < -0.4 is 11.1 Å². The van der Waals surface area contributed by atoms with Crippen LogP contribution in [0.1, 0.15) is 0 Å². The molecule has 16 heavy (non-hydrogen) atoms. The Labute approximate surface area is 99.8 Å². The Morgan fingerprint density at radius 1 is 1.19 bits per heavy atom. The largest absolute Gasteiger partial charge is 0.382 e. The predicted octanol–water partition coefficient (Wildman–Crippen LogP) is 2.70. The molecule has 1 aromatic carbocycles. The van der Waals surface area contributed by atoms with E-state index in [1.165, 1.54) is 6.07 Å². The maximum Gasteiger partial charge on any atom is 0.153 e. The van der Waals surface area contributed by atoms with Crippen LogP contribution in [0, 0.1) is 5.82 Å². The van der Waals surface area contributed by atoms with Crippen molar-refractivity contribution in [1.82, 2.24) is 10.2 Å². The minimum absolute atomic E-state index is 0.321. The van der Waals surface area contributed by atoms with Crippen molar-refractivity contribution in [1.29, 1.82) is 0 Å². The van der Waals surface area contributed by atoms with Gasteiger partial charge in [0.05, 0.1) is 5.69 Å². The molecule has 0 aliphatic carbocycles. The molecule has 0 amide bonds. The molecule has 0 saturated heterocycles. The molecule has 1 heterocycles. The van der Waals surface area contributed by atoms with Crippen molar-refractivity contribution in [2.45, 2.75) is 0 Å². The van der Waals surface area contributed by atoms with Gasteiger partial charge in [0, 0.05) is 4.47 Å². The monoisotopic (exact) mass is 282 g/mol. The Bertz CT molecular complexity index is 501. The number of halogens is 2. The SMILES string of the molecule is Nc1ccc(Nc2ccc(Br)cc2F)nn1. The lowest BCUT2D eigenvalue weighted by molar-refractivity contribution is 0.631. The first kappa shape index (κ1) is 10.8. The first-order chi connectivity index (χ1) is 7.65. The summed E-state index contributed by atoms with van der Waals surface area (Å²) in [5.41, 5.74) is 5.72. The lowest BCUT2D eigenvalue weighted by Gasteiger charge is -2.06. The highest BCUT2D eigenvalue weighted by Crippen LogP contribution is 2.21. The number of nitrogens with zero attached hydrogens (tertiary/aromatic N) is 2. The van der Waals surface area contributed by atoms with E-state index in [4.69, 9.17) is 5.73 Å². The highest BCUT2D eigenvalue weighted by Gasteiger charge is 2.03. The van der Waals surface area contributed by atoms with Gasteiger partial charge in [-0.1, -0.05) is 15.9 Å². The van der Waals surface area contributed by atoms with Crippen LogP contribution >= 0.6 is 15.9 Å². The summed E-state index contributed by atoms with van der Waals surface area (Å²) in [6.45, 7) is 0. The van der Waals surface area contributed by atoms with E-state index in [2.05, 4.69) is 31.4 Å². The summed E-state index contributed by atoms with van der Waals surface area (Å²) in [6.07, 6.45) is 0. The third kappa shape index (κ3) is 2.46. The zero-order valence-electron chi connectivity index (χ0n) is 8.11. The van der Waals surface area contributed by atoms with E-state index in [9.17, 15) is 4.39 Å². The fourth-order valence-corrected chi connectivity index (χ4v) is 1.47. The van der Waals surface area contributed by atoms with Gasteiger partial charge < -0.3 is 11.1 Å². The molecule has 0 radical (unpaired) electrons. The van der Waals surface area contributed by atoms with Gasteiger partial charge in [0.2, 0.25) is 0 Å². The third-order valence-corrected chi connectivity index (χ3v) is 2.37. The topological polar surface area (TPSA) is 63.8 Å². The van der Waals surface area contributed by atoms with E-state index in [-0.39, 0.29) is 5.82 Å². The molecule has 0 fully saturated rings. The van der Waals surface area contributed by atoms with Gasteiger partial charge in [0.25, 0.3) is 0 Å². The summed E-state index contributed by atoms with van der Waals surface area (Å²) in [4.78, 5) is 0. The summed E-state index contributed by atoms with van der Waals surface area (Å²) >= 11 is 3.18. The molecule has 82 valence electrons. The highest BCUT2D eigenvalue weighted by atomic mass is 79.9. The number of nitrogens with one attached hydrogen (secondary N) is 1. The average Bonchev–Trinajstić information content (AvgIpc) is 2.25. The van der Waals surface area contributed by atoms with Gasteiger partial charge in [-0.25, -0.2) is 4.39 Å². The van der Waals surface area contributed by atoms with Crippen LogP contribution in [0.4, 0.5) is 21.7 Å². The third-order valence-electron chi connectivity index (χ3n) is 1.88. The lowest BCUT2D eigenvalue weighted by atomic mass is 10.3. The Kier molecular flexibility index (Phi) is 3.00. The highest BCUT2D eigenvalue weighted by molar-refractivity contribution is 9.10. The zero-order valence-corrected chi connectivity index (χ0v) is 9.70. The van der Waals surface area contributed by atoms with Gasteiger partial charge >= 0.3 is 0 Å². The predicted molar refractivity (Wildman–Crippen MR) is 63.8 cm³/mol. The molecule has 0 unspecified atom stereocenters. The van der Waals surface area contributed by atoms with Gasteiger partial charge in [-0.15, -0.1) is 10.2 Å². The van der Waals surface area contributed by atoms with Crippen molar-refractivity contribution in [2.75, 3.05) is 11.1 Å². The van der Waals surface area contributed by atoms with Crippen molar-refractivity contribution < 1.29 is 4.39 Å². The van der Waals surface area contributed by atoms with Crippen molar-refractivity contribution in [3.63, 3.8) is 0 Å². The second kappa shape index (κ2) is 4.44. The van der Waals surface area contributed by atoms with Gasteiger partial charge in [-0.05, 0) is 30.3 Å². The molecular formula is C10H8BrFN4. The number of anilines is 3. The number of nitrogen functional groups attached to an aromatic ring is 1. The summed E-state index contributed by atoms with van der Waals surface area (Å²) < 4.78 is 14.1. The Balaban J connectivity index is 2.23. The van der Waals surface area contributed by atoms with Gasteiger partial charge in [0.1, 0.15) is 11.6 Å². The Morgan fingerprint density at radius 2 is 2.00 bits per heavy atom. The first-order valence-electron chi connectivity index (χ1n) is 4.46. The molecule has 0 saturated carbocycles. The minimum atomic E-state index is -0.368.